The minimum atomic E-state index is 0.442. The third-order valence-corrected chi connectivity index (χ3v) is 3.79. The lowest BCUT2D eigenvalue weighted by Crippen LogP contribution is -2.53. The van der Waals surface area contributed by atoms with Crippen LogP contribution in [0.15, 0.2) is 0 Å². The van der Waals surface area contributed by atoms with Gasteiger partial charge in [0.1, 0.15) is 0 Å². The number of hydrogen-bond donors (Lipinski definition) is 2. The van der Waals surface area contributed by atoms with Crippen LogP contribution in [0.2, 0.25) is 0 Å². The lowest BCUT2D eigenvalue weighted by molar-refractivity contribution is 0.101. The van der Waals surface area contributed by atoms with E-state index in [0.717, 1.165) is 19.8 Å². The van der Waals surface area contributed by atoms with Gasteiger partial charge in [0.05, 0.1) is 12.7 Å². The number of hydrogen-bond acceptors (Lipinski definition) is 4. The second-order valence-corrected chi connectivity index (χ2v) is 4.74. The van der Waals surface area contributed by atoms with Gasteiger partial charge in [-0.2, -0.15) is 0 Å². The Bertz CT molecular complexity index is 211. The molecule has 2 N–H and O–H groups in total. The second-order valence-electron chi connectivity index (χ2n) is 4.74. The summed E-state index contributed by atoms with van der Waals surface area (Å²) in [5, 5.41) is 6.95. The summed E-state index contributed by atoms with van der Waals surface area (Å²) < 4.78 is 5.32. The maximum Gasteiger partial charge on any atom is 0.0937 e. The lowest BCUT2D eigenvalue weighted by atomic mass is 9.88. The SMILES string of the molecule is C1CC2(CCN1)CNCN2CC1CO1. The molecule has 0 aromatic heterocycles. The molecular weight excluding hydrogens is 178 g/mol. The molecule has 0 amide bonds. The molecule has 14 heavy (non-hydrogen) atoms. The summed E-state index contributed by atoms with van der Waals surface area (Å²) in [6.45, 7) is 6.67. The van der Waals surface area contributed by atoms with Crippen molar-refractivity contribution >= 4 is 0 Å². The van der Waals surface area contributed by atoms with Crippen LogP contribution in [0.1, 0.15) is 12.8 Å². The van der Waals surface area contributed by atoms with Crippen LogP contribution in [-0.2, 0) is 4.74 Å². The lowest BCUT2D eigenvalue weighted by Gasteiger charge is -2.40. The standard InChI is InChI=1S/C10H19N3O/c1-3-11-4-2-10(1)7-12-8-13(10)5-9-6-14-9/h9,11-12H,1-8H2. The summed E-state index contributed by atoms with van der Waals surface area (Å²) in [5.41, 5.74) is 0.442. The molecule has 0 saturated carbocycles. The van der Waals surface area contributed by atoms with E-state index in [9.17, 15) is 0 Å². The van der Waals surface area contributed by atoms with Gasteiger partial charge in [0.15, 0.2) is 0 Å². The fourth-order valence-corrected chi connectivity index (χ4v) is 2.77. The predicted octanol–water partition coefficient (Wildman–Crippen LogP) is -0.630. The molecule has 1 atom stereocenters. The molecule has 0 aromatic carbocycles. The Kier molecular flexibility index (Phi) is 2.24. The fraction of sp³-hybridized carbons (Fsp3) is 1.00. The molecule has 0 bridgehead atoms. The van der Waals surface area contributed by atoms with Gasteiger partial charge in [-0.3, -0.25) is 4.90 Å². The number of rotatable bonds is 2. The summed E-state index contributed by atoms with van der Waals surface area (Å²) in [6, 6.07) is 0. The van der Waals surface area contributed by atoms with E-state index in [1.54, 1.807) is 0 Å². The molecule has 3 heterocycles. The topological polar surface area (TPSA) is 39.8 Å². The van der Waals surface area contributed by atoms with Crippen molar-refractivity contribution in [3.63, 3.8) is 0 Å². The molecule has 3 rings (SSSR count). The first kappa shape index (κ1) is 9.09. The molecular formula is C10H19N3O. The number of ether oxygens (including phenoxy) is 1. The van der Waals surface area contributed by atoms with E-state index in [4.69, 9.17) is 4.74 Å². The molecule has 0 aliphatic carbocycles. The Labute approximate surface area is 85.0 Å². The van der Waals surface area contributed by atoms with Gasteiger partial charge in [0.2, 0.25) is 0 Å². The van der Waals surface area contributed by atoms with Crippen LogP contribution in [-0.4, -0.2) is 56.0 Å². The van der Waals surface area contributed by atoms with E-state index in [0.29, 0.717) is 11.6 Å². The molecule has 4 heteroatoms. The molecule has 0 aromatic rings. The Hall–Kier alpha value is -0.160. The molecule has 1 unspecified atom stereocenters. The Balaban J connectivity index is 1.68. The van der Waals surface area contributed by atoms with Gasteiger partial charge in [-0.05, 0) is 25.9 Å². The quantitative estimate of drug-likeness (QED) is 0.578. The first-order valence-electron chi connectivity index (χ1n) is 5.67. The van der Waals surface area contributed by atoms with E-state index >= 15 is 0 Å². The highest BCUT2D eigenvalue weighted by Gasteiger charge is 2.43. The van der Waals surface area contributed by atoms with Gasteiger partial charge >= 0.3 is 0 Å². The normalized spacial score (nSPS) is 36.4. The summed E-state index contributed by atoms with van der Waals surface area (Å²) in [4.78, 5) is 2.60. The zero-order valence-corrected chi connectivity index (χ0v) is 8.59. The molecule has 80 valence electrons. The highest BCUT2D eigenvalue weighted by molar-refractivity contribution is 5.01. The van der Waals surface area contributed by atoms with E-state index in [1.165, 1.54) is 32.5 Å². The Morgan fingerprint density at radius 1 is 1.29 bits per heavy atom. The van der Waals surface area contributed by atoms with Crippen molar-refractivity contribution in [2.75, 3.05) is 39.5 Å². The van der Waals surface area contributed by atoms with E-state index in [1.807, 2.05) is 0 Å². The van der Waals surface area contributed by atoms with E-state index < -0.39 is 0 Å². The fourth-order valence-electron chi connectivity index (χ4n) is 2.77. The maximum atomic E-state index is 5.32. The molecule has 3 aliphatic rings. The summed E-state index contributed by atoms with van der Waals surface area (Å²) >= 11 is 0. The highest BCUT2D eigenvalue weighted by Crippen LogP contribution is 2.30. The van der Waals surface area contributed by atoms with Gasteiger partial charge in [-0.15, -0.1) is 0 Å². The van der Waals surface area contributed by atoms with Gasteiger partial charge in [0.25, 0.3) is 0 Å². The van der Waals surface area contributed by atoms with E-state index in [-0.39, 0.29) is 0 Å². The first-order chi connectivity index (χ1) is 6.89. The number of epoxide rings is 1. The summed E-state index contributed by atoms with van der Waals surface area (Å²) in [5.74, 6) is 0. The van der Waals surface area contributed by atoms with Crippen molar-refractivity contribution in [1.29, 1.82) is 0 Å². The van der Waals surface area contributed by atoms with Crippen molar-refractivity contribution in [3.8, 4) is 0 Å². The van der Waals surface area contributed by atoms with Crippen LogP contribution in [0.5, 0.6) is 0 Å². The van der Waals surface area contributed by atoms with E-state index in [2.05, 4.69) is 15.5 Å². The zero-order valence-electron chi connectivity index (χ0n) is 8.59. The smallest absolute Gasteiger partial charge is 0.0937 e. The van der Waals surface area contributed by atoms with Crippen LogP contribution < -0.4 is 10.6 Å². The largest absolute Gasteiger partial charge is 0.372 e. The minimum absolute atomic E-state index is 0.442. The first-order valence-corrected chi connectivity index (χ1v) is 5.67. The molecule has 3 saturated heterocycles. The van der Waals surface area contributed by atoms with Crippen LogP contribution in [0.25, 0.3) is 0 Å². The van der Waals surface area contributed by atoms with Gasteiger partial charge < -0.3 is 15.4 Å². The highest BCUT2D eigenvalue weighted by atomic mass is 16.6. The maximum absolute atomic E-state index is 5.32. The Morgan fingerprint density at radius 3 is 2.79 bits per heavy atom. The van der Waals surface area contributed by atoms with Crippen molar-refractivity contribution in [2.45, 2.75) is 24.5 Å². The number of nitrogens with one attached hydrogen (secondary N) is 2. The number of nitrogens with zero attached hydrogens (tertiary/aromatic N) is 1. The van der Waals surface area contributed by atoms with Gasteiger partial charge in [-0.25, -0.2) is 0 Å². The van der Waals surface area contributed by atoms with Gasteiger partial charge in [-0.1, -0.05) is 0 Å². The monoisotopic (exact) mass is 197 g/mol. The summed E-state index contributed by atoms with van der Waals surface area (Å²) in [6.07, 6.45) is 3.10. The van der Waals surface area contributed by atoms with Crippen molar-refractivity contribution in [1.82, 2.24) is 15.5 Å². The number of piperidine rings is 1. The van der Waals surface area contributed by atoms with Crippen molar-refractivity contribution < 1.29 is 4.74 Å². The third kappa shape index (κ3) is 1.56. The van der Waals surface area contributed by atoms with Crippen LogP contribution in [0.4, 0.5) is 0 Å². The average Bonchev–Trinajstić information content (AvgIpc) is 2.95. The average molecular weight is 197 g/mol. The third-order valence-electron chi connectivity index (χ3n) is 3.79. The van der Waals surface area contributed by atoms with Gasteiger partial charge in [0, 0.05) is 25.3 Å². The molecule has 1 spiro atoms. The Morgan fingerprint density at radius 2 is 2.07 bits per heavy atom. The summed E-state index contributed by atoms with van der Waals surface area (Å²) in [7, 11) is 0. The van der Waals surface area contributed by atoms with Crippen LogP contribution >= 0.6 is 0 Å². The van der Waals surface area contributed by atoms with Crippen molar-refractivity contribution in [2.24, 2.45) is 0 Å². The molecule has 0 radical (unpaired) electrons. The zero-order chi connectivity index (χ0) is 9.43. The minimum Gasteiger partial charge on any atom is -0.372 e. The van der Waals surface area contributed by atoms with Crippen molar-refractivity contribution in [3.05, 3.63) is 0 Å². The van der Waals surface area contributed by atoms with Crippen LogP contribution in [0, 0.1) is 0 Å². The predicted molar refractivity (Wildman–Crippen MR) is 54.2 cm³/mol. The molecule has 3 fully saturated rings. The second kappa shape index (κ2) is 3.45. The molecule has 4 nitrogen and oxygen atoms in total. The van der Waals surface area contributed by atoms with Crippen LogP contribution in [0.3, 0.4) is 0 Å². The molecule has 3 aliphatic heterocycles.